The van der Waals surface area contributed by atoms with Gasteiger partial charge in [0.25, 0.3) is 0 Å². The number of aromatic nitrogens is 3. The summed E-state index contributed by atoms with van der Waals surface area (Å²) in [5.41, 5.74) is 5.05. The summed E-state index contributed by atoms with van der Waals surface area (Å²) in [5, 5.41) is 5.28. The normalized spacial score (nSPS) is 15.0. The van der Waals surface area contributed by atoms with Gasteiger partial charge >= 0.3 is 6.09 Å². The number of carbonyl (C=O) groups excluding carboxylic acids is 1. The van der Waals surface area contributed by atoms with Crippen LogP contribution in [0.4, 0.5) is 15.7 Å². The average Bonchev–Trinajstić information content (AvgIpc) is 3.62. The van der Waals surface area contributed by atoms with Crippen LogP contribution < -0.4 is 19.9 Å². The van der Waals surface area contributed by atoms with Crippen LogP contribution in [0.2, 0.25) is 0 Å². The molecule has 0 unspecified atom stereocenters. The Labute approximate surface area is 213 Å². The van der Waals surface area contributed by atoms with E-state index in [4.69, 9.17) is 4.74 Å². The summed E-state index contributed by atoms with van der Waals surface area (Å²) in [6.07, 6.45) is 4.62. The first kappa shape index (κ1) is 22.5. The third-order valence-electron chi connectivity index (χ3n) is 6.54. The Balaban J connectivity index is 0.994. The van der Waals surface area contributed by atoms with Crippen molar-refractivity contribution in [2.45, 2.75) is 12.8 Å². The van der Waals surface area contributed by atoms with Gasteiger partial charge in [0.15, 0.2) is 5.13 Å². The molecule has 0 saturated heterocycles. The predicted octanol–water partition coefficient (Wildman–Crippen LogP) is 4.44. The molecule has 36 heavy (non-hydrogen) atoms. The Morgan fingerprint density at radius 3 is 2.50 bits per heavy atom. The van der Waals surface area contributed by atoms with E-state index in [-0.39, 0.29) is 0 Å². The van der Waals surface area contributed by atoms with Crippen molar-refractivity contribution in [1.29, 1.82) is 0 Å². The molecule has 1 amide bonds. The number of carbonyl (C=O) groups is 1. The minimum absolute atomic E-state index is 0.437. The molecule has 0 radical (unpaired) electrons. The van der Waals surface area contributed by atoms with E-state index in [9.17, 15) is 4.79 Å². The van der Waals surface area contributed by atoms with Crippen LogP contribution in [0, 0.1) is 0 Å². The van der Waals surface area contributed by atoms with Gasteiger partial charge in [-0.1, -0.05) is 53.8 Å². The lowest BCUT2D eigenvalue weighted by molar-refractivity contribution is 0.201. The van der Waals surface area contributed by atoms with Gasteiger partial charge < -0.3 is 19.9 Å². The number of para-hydroxylation sites is 1. The SMILES string of the molecule is O=C(NCCCc1ccccc1)Oc1cnc(N2CC3=C(C2)CN(c2ncnc4ccccc24)C3)s1. The maximum Gasteiger partial charge on any atom is 0.413 e. The number of ether oxygens (including phenoxy) is 1. The minimum Gasteiger partial charge on any atom is -0.397 e. The molecule has 0 spiro atoms. The molecule has 2 aliphatic rings. The lowest BCUT2D eigenvalue weighted by Gasteiger charge is -2.24. The Morgan fingerprint density at radius 2 is 1.67 bits per heavy atom. The van der Waals surface area contributed by atoms with Gasteiger partial charge in [-0.15, -0.1) is 0 Å². The zero-order valence-electron chi connectivity index (χ0n) is 19.8. The number of nitrogens with one attached hydrogen (secondary N) is 1. The molecule has 0 aliphatic carbocycles. The van der Waals surface area contributed by atoms with E-state index in [0.717, 1.165) is 60.9 Å². The van der Waals surface area contributed by atoms with Crippen molar-refractivity contribution in [3.05, 3.63) is 83.8 Å². The van der Waals surface area contributed by atoms with Crippen molar-refractivity contribution in [2.75, 3.05) is 42.5 Å². The second-order valence-corrected chi connectivity index (χ2v) is 9.97. The summed E-state index contributed by atoms with van der Waals surface area (Å²) < 4.78 is 5.46. The predicted molar refractivity (Wildman–Crippen MR) is 142 cm³/mol. The number of thiazole rings is 1. The van der Waals surface area contributed by atoms with Gasteiger partial charge in [0.05, 0.1) is 11.7 Å². The molecule has 0 fully saturated rings. The first-order valence-corrected chi connectivity index (χ1v) is 12.9. The van der Waals surface area contributed by atoms with E-state index >= 15 is 0 Å². The smallest absolute Gasteiger partial charge is 0.397 e. The Morgan fingerprint density at radius 1 is 0.917 bits per heavy atom. The zero-order chi connectivity index (χ0) is 24.3. The monoisotopic (exact) mass is 498 g/mol. The highest BCUT2D eigenvalue weighted by Gasteiger charge is 2.32. The van der Waals surface area contributed by atoms with Crippen LogP contribution in [0.3, 0.4) is 0 Å². The van der Waals surface area contributed by atoms with Crippen LogP contribution in [0.1, 0.15) is 12.0 Å². The molecule has 9 heteroatoms. The summed E-state index contributed by atoms with van der Waals surface area (Å²) in [5.74, 6) is 0.987. The number of aryl methyl sites for hydroxylation is 1. The van der Waals surface area contributed by atoms with Gasteiger partial charge in [-0.25, -0.2) is 19.7 Å². The molecule has 2 aromatic heterocycles. The number of amides is 1. The van der Waals surface area contributed by atoms with Gasteiger partial charge in [0.1, 0.15) is 12.1 Å². The lowest BCUT2D eigenvalue weighted by Crippen LogP contribution is -2.30. The number of nitrogens with zero attached hydrogens (tertiary/aromatic N) is 5. The second kappa shape index (κ2) is 9.94. The molecular weight excluding hydrogens is 472 g/mol. The van der Waals surface area contributed by atoms with Gasteiger partial charge in [0, 0.05) is 38.1 Å². The standard InChI is InChI=1S/C27H26N6O2S/c34-27(28-12-6-9-19-7-2-1-3-8-19)35-24-13-29-26(36-24)33-16-20-14-32(15-21(20)17-33)25-22-10-4-5-11-23(22)30-18-31-25/h1-5,7-8,10-11,13,18H,6,9,12,14-17H2,(H,28,34). The molecule has 2 aliphatic heterocycles. The summed E-state index contributed by atoms with van der Waals surface area (Å²) in [6, 6.07) is 18.4. The van der Waals surface area contributed by atoms with E-state index in [1.807, 2.05) is 36.4 Å². The Bertz CT molecular complexity index is 1400. The molecule has 182 valence electrons. The molecule has 6 rings (SSSR count). The number of anilines is 2. The van der Waals surface area contributed by atoms with Gasteiger partial charge in [-0.2, -0.15) is 0 Å². The molecule has 0 saturated carbocycles. The highest BCUT2D eigenvalue weighted by atomic mass is 32.1. The third-order valence-corrected chi connectivity index (χ3v) is 7.47. The third kappa shape index (κ3) is 4.74. The van der Waals surface area contributed by atoms with Crippen molar-refractivity contribution < 1.29 is 9.53 Å². The summed E-state index contributed by atoms with van der Waals surface area (Å²) in [6.45, 7) is 3.93. The quantitative estimate of drug-likeness (QED) is 0.298. The van der Waals surface area contributed by atoms with E-state index < -0.39 is 6.09 Å². The van der Waals surface area contributed by atoms with Crippen molar-refractivity contribution >= 4 is 39.3 Å². The summed E-state index contributed by atoms with van der Waals surface area (Å²) in [4.78, 5) is 30.2. The van der Waals surface area contributed by atoms with Crippen molar-refractivity contribution in [2.24, 2.45) is 0 Å². The number of hydrogen-bond acceptors (Lipinski definition) is 8. The van der Waals surface area contributed by atoms with Crippen LogP contribution in [-0.2, 0) is 6.42 Å². The zero-order valence-corrected chi connectivity index (χ0v) is 20.6. The maximum atomic E-state index is 12.2. The molecule has 0 bridgehead atoms. The fourth-order valence-electron chi connectivity index (χ4n) is 4.81. The molecule has 0 atom stereocenters. The Kier molecular flexibility index (Phi) is 6.21. The fourth-order valence-corrected chi connectivity index (χ4v) is 5.57. The number of fused-ring (bicyclic) bond motifs is 1. The number of benzene rings is 2. The van der Waals surface area contributed by atoms with E-state index in [2.05, 4.69) is 48.3 Å². The molecular formula is C27H26N6O2S. The van der Waals surface area contributed by atoms with E-state index in [0.29, 0.717) is 11.6 Å². The first-order valence-electron chi connectivity index (χ1n) is 12.1. The van der Waals surface area contributed by atoms with Crippen LogP contribution in [0.5, 0.6) is 5.06 Å². The van der Waals surface area contributed by atoms with Crippen molar-refractivity contribution in [3.63, 3.8) is 0 Å². The molecule has 1 N–H and O–H groups in total. The molecule has 4 aromatic rings. The largest absolute Gasteiger partial charge is 0.413 e. The van der Waals surface area contributed by atoms with E-state index in [1.54, 1.807) is 12.5 Å². The topological polar surface area (TPSA) is 83.5 Å². The maximum absolute atomic E-state index is 12.2. The van der Waals surface area contributed by atoms with Crippen molar-refractivity contribution in [3.8, 4) is 5.06 Å². The van der Waals surface area contributed by atoms with Crippen LogP contribution in [0.15, 0.2) is 78.3 Å². The van der Waals surface area contributed by atoms with E-state index in [1.165, 1.54) is 28.0 Å². The van der Waals surface area contributed by atoms with Crippen LogP contribution in [0.25, 0.3) is 10.9 Å². The molecule has 2 aromatic carbocycles. The lowest BCUT2D eigenvalue weighted by atomic mass is 10.1. The fraction of sp³-hybridized carbons (Fsp3) is 0.259. The second-order valence-electron chi connectivity index (χ2n) is 9.00. The van der Waals surface area contributed by atoms with Crippen LogP contribution in [-0.4, -0.2) is 53.8 Å². The molecule has 8 nitrogen and oxygen atoms in total. The first-order chi connectivity index (χ1) is 17.7. The van der Waals surface area contributed by atoms with Crippen molar-refractivity contribution in [1.82, 2.24) is 20.3 Å². The molecule has 4 heterocycles. The highest BCUT2D eigenvalue weighted by Crippen LogP contribution is 2.36. The van der Waals surface area contributed by atoms with Gasteiger partial charge in [-0.05, 0) is 41.7 Å². The van der Waals surface area contributed by atoms with Crippen LogP contribution >= 0.6 is 11.3 Å². The summed E-state index contributed by atoms with van der Waals surface area (Å²) >= 11 is 1.40. The minimum atomic E-state index is -0.437. The highest BCUT2D eigenvalue weighted by molar-refractivity contribution is 7.17. The van der Waals surface area contributed by atoms with Gasteiger partial charge in [-0.3, -0.25) is 0 Å². The number of rotatable bonds is 7. The van der Waals surface area contributed by atoms with Gasteiger partial charge in [0.2, 0.25) is 5.06 Å². The number of hydrogen-bond donors (Lipinski definition) is 1. The Hall–Kier alpha value is -3.98. The average molecular weight is 499 g/mol. The summed E-state index contributed by atoms with van der Waals surface area (Å²) in [7, 11) is 0.